The smallest absolute Gasteiger partial charge is 0.246 e. The van der Waals surface area contributed by atoms with Gasteiger partial charge in [0.1, 0.15) is 4.90 Å². The average Bonchev–Trinajstić information content (AvgIpc) is 2.93. The minimum absolute atomic E-state index is 0.0309. The zero-order chi connectivity index (χ0) is 15.0. The number of rotatable bonds is 3. The molecule has 118 valence electrons. The first-order valence-electron chi connectivity index (χ1n) is 7.17. The number of sulfonamides is 1. The van der Waals surface area contributed by atoms with Gasteiger partial charge in [-0.2, -0.15) is 9.40 Å². The molecule has 1 saturated carbocycles. The highest BCUT2D eigenvalue weighted by atomic mass is 32.2. The van der Waals surface area contributed by atoms with Gasteiger partial charge in [-0.25, -0.2) is 8.42 Å². The topological polar surface area (TPSA) is 73.7 Å². The summed E-state index contributed by atoms with van der Waals surface area (Å²) in [6.45, 7) is 0.827. The first-order valence-corrected chi connectivity index (χ1v) is 8.61. The zero-order valence-corrected chi connectivity index (χ0v) is 13.1. The van der Waals surface area contributed by atoms with Crippen LogP contribution < -0.4 is 0 Å². The van der Waals surface area contributed by atoms with Crippen LogP contribution in [0.1, 0.15) is 19.3 Å². The van der Waals surface area contributed by atoms with Crippen molar-refractivity contribution in [2.75, 3.05) is 20.3 Å². The van der Waals surface area contributed by atoms with E-state index in [1.54, 1.807) is 18.5 Å². The van der Waals surface area contributed by atoms with Gasteiger partial charge in [-0.15, -0.1) is 0 Å². The van der Waals surface area contributed by atoms with Crippen molar-refractivity contribution in [3.63, 3.8) is 0 Å². The lowest BCUT2D eigenvalue weighted by atomic mass is 9.89. The lowest BCUT2D eigenvalue weighted by Crippen LogP contribution is -2.56. The van der Waals surface area contributed by atoms with Gasteiger partial charge in [0.15, 0.2) is 0 Å². The Morgan fingerprint density at radius 3 is 2.90 bits per heavy atom. The number of aromatic nitrogens is 2. The van der Waals surface area contributed by atoms with Crippen LogP contribution in [0.2, 0.25) is 0 Å². The lowest BCUT2D eigenvalue weighted by molar-refractivity contribution is -0.0883. The molecular weight excluding hydrogens is 294 g/mol. The van der Waals surface area contributed by atoms with Crippen molar-refractivity contribution in [1.29, 1.82) is 0 Å². The van der Waals surface area contributed by atoms with Gasteiger partial charge in [-0.05, 0) is 19.3 Å². The summed E-state index contributed by atoms with van der Waals surface area (Å²) in [5.74, 6) is 0. The number of morpholine rings is 1. The summed E-state index contributed by atoms with van der Waals surface area (Å²) in [6, 6.07) is -0.150. The predicted octanol–water partition coefficient (Wildman–Crippen LogP) is 0.377. The molecule has 0 N–H and O–H groups in total. The molecule has 0 aromatic carbocycles. The highest BCUT2D eigenvalue weighted by Crippen LogP contribution is 2.33. The van der Waals surface area contributed by atoms with Crippen LogP contribution in [0.15, 0.2) is 17.3 Å². The number of hydrogen-bond donors (Lipinski definition) is 0. The largest absolute Gasteiger partial charge is 0.381 e. The van der Waals surface area contributed by atoms with Crippen LogP contribution in [0.4, 0.5) is 0 Å². The number of ether oxygens (including phenoxy) is 2. The summed E-state index contributed by atoms with van der Waals surface area (Å²) >= 11 is 0. The minimum Gasteiger partial charge on any atom is -0.381 e. The number of aryl methyl sites for hydroxylation is 1. The van der Waals surface area contributed by atoms with E-state index >= 15 is 0 Å². The van der Waals surface area contributed by atoms with Crippen LogP contribution in [0.3, 0.4) is 0 Å². The maximum atomic E-state index is 12.8. The monoisotopic (exact) mass is 315 g/mol. The molecular formula is C13H21N3O4S. The van der Waals surface area contributed by atoms with E-state index in [9.17, 15) is 8.42 Å². The molecule has 0 radical (unpaired) electrons. The fraction of sp³-hybridized carbons (Fsp3) is 0.769. The van der Waals surface area contributed by atoms with Crippen LogP contribution in [-0.2, 0) is 26.5 Å². The SMILES string of the molecule is CO[C@@H]1CC[C@H]2OCCN(S(=O)(=O)c3cnn(C)c3)[C@H]2C1. The zero-order valence-electron chi connectivity index (χ0n) is 12.3. The fourth-order valence-corrected chi connectivity index (χ4v) is 4.85. The standard InChI is InChI=1S/C13H21N3O4S/c1-15-9-11(8-14-15)21(17,18)16-5-6-20-13-4-3-10(19-2)7-12(13)16/h8-10,12-13H,3-7H2,1-2H3/t10-,12+,13-/m1/s1. The average molecular weight is 315 g/mol. The second-order valence-electron chi connectivity index (χ2n) is 5.61. The van der Waals surface area contributed by atoms with E-state index in [0.29, 0.717) is 19.6 Å². The molecule has 0 unspecified atom stereocenters. The molecule has 1 saturated heterocycles. The Hall–Kier alpha value is -0.960. The molecule has 3 rings (SSSR count). The Labute approximate surface area is 124 Å². The summed E-state index contributed by atoms with van der Waals surface area (Å²) < 4.78 is 39.9. The third kappa shape index (κ3) is 2.73. The Kier molecular flexibility index (Phi) is 4.04. The first kappa shape index (κ1) is 15.0. The quantitative estimate of drug-likeness (QED) is 0.806. The van der Waals surface area contributed by atoms with Gasteiger partial charge in [-0.3, -0.25) is 4.68 Å². The molecule has 3 atom stereocenters. The molecule has 1 aliphatic carbocycles. The normalized spacial score (nSPS) is 31.0. The molecule has 0 amide bonds. The predicted molar refractivity (Wildman–Crippen MR) is 75.3 cm³/mol. The fourth-order valence-electron chi connectivity index (χ4n) is 3.22. The summed E-state index contributed by atoms with van der Waals surface area (Å²) in [5.41, 5.74) is 0. The van der Waals surface area contributed by atoms with E-state index in [-0.39, 0.29) is 23.1 Å². The van der Waals surface area contributed by atoms with Crippen molar-refractivity contribution in [3.05, 3.63) is 12.4 Å². The molecule has 0 bridgehead atoms. The van der Waals surface area contributed by atoms with Gasteiger partial charge in [0.05, 0.1) is 31.1 Å². The summed E-state index contributed by atoms with van der Waals surface area (Å²) in [4.78, 5) is 0.241. The number of nitrogens with zero attached hydrogens (tertiary/aromatic N) is 3. The molecule has 2 aliphatic rings. The van der Waals surface area contributed by atoms with Crippen molar-refractivity contribution in [2.45, 2.75) is 42.4 Å². The van der Waals surface area contributed by atoms with Crippen LogP contribution in [0, 0.1) is 0 Å². The van der Waals surface area contributed by atoms with E-state index in [1.807, 2.05) is 0 Å². The van der Waals surface area contributed by atoms with E-state index in [1.165, 1.54) is 17.1 Å². The van der Waals surface area contributed by atoms with Gasteiger partial charge in [-0.1, -0.05) is 0 Å². The van der Waals surface area contributed by atoms with Crippen LogP contribution in [-0.4, -0.2) is 61.0 Å². The van der Waals surface area contributed by atoms with Gasteiger partial charge >= 0.3 is 0 Å². The lowest BCUT2D eigenvalue weighted by Gasteiger charge is -2.44. The van der Waals surface area contributed by atoms with Crippen molar-refractivity contribution >= 4 is 10.0 Å². The van der Waals surface area contributed by atoms with Crippen molar-refractivity contribution < 1.29 is 17.9 Å². The van der Waals surface area contributed by atoms with E-state index in [4.69, 9.17) is 9.47 Å². The minimum atomic E-state index is -3.53. The van der Waals surface area contributed by atoms with Crippen LogP contribution in [0.25, 0.3) is 0 Å². The van der Waals surface area contributed by atoms with Gasteiger partial charge in [0, 0.05) is 26.9 Å². The Morgan fingerprint density at radius 2 is 2.24 bits per heavy atom. The highest BCUT2D eigenvalue weighted by molar-refractivity contribution is 7.89. The molecule has 7 nitrogen and oxygen atoms in total. The molecule has 0 spiro atoms. The molecule has 2 fully saturated rings. The molecule has 8 heteroatoms. The number of fused-ring (bicyclic) bond motifs is 1. The Bertz CT molecular complexity index is 600. The van der Waals surface area contributed by atoms with Crippen LogP contribution in [0.5, 0.6) is 0 Å². The molecule has 1 aromatic rings. The third-order valence-electron chi connectivity index (χ3n) is 4.34. The van der Waals surface area contributed by atoms with E-state index in [2.05, 4.69) is 5.10 Å². The van der Waals surface area contributed by atoms with Crippen LogP contribution >= 0.6 is 0 Å². The van der Waals surface area contributed by atoms with Crippen molar-refractivity contribution in [1.82, 2.24) is 14.1 Å². The van der Waals surface area contributed by atoms with Gasteiger partial charge in [0.2, 0.25) is 10.0 Å². The van der Waals surface area contributed by atoms with Crippen molar-refractivity contribution in [2.24, 2.45) is 7.05 Å². The molecule has 21 heavy (non-hydrogen) atoms. The summed E-state index contributed by atoms with van der Waals surface area (Å²) in [5, 5.41) is 3.97. The second kappa shape index (κ2) is 5.68. The third-order valence-corrected chi connectivity index (χ3v) is 6.22. The van der Waals surface area contributed by atoms with Gasteiger partial charge in [0.25, 0.3) is 0 Å². The second-order valence-corrected chi connectivity index (χ2v) is 7.50. The Morgan fingerprint density at radius 1 is 1.43 bits per heavy atom. The summed E-state index contributed by atoms with van der Waals surface area (Å²) in [6.07, 6.45) is 5.44. The Balaban J connectivity index is 1.89. The number of hydrogen-bond acceptors (Lipinski definition) is 5. The first-order chi connectivity index (χ1) is 10.0. The van der Waals surface area contributed by atoms with Crippen molar-refractivity contribution in [3.8, 4) is 0 Å². The van der Waals surface area contributed by atoms with E-state index in [0.717, 1.165) is 12.8 Å². The summed E-state index contributed by atoms with van der Waals surface area (Å²) in [7, 11) is -0.143. The molecule has 2 heterocycles. The maximum Gasteiger partial charge on any atom is 0.246 e. The van der Waals surface area contributed by atoms with Gasteiger partial charge < -0.3 is 9.47 Å². The highest BCUT2D eigenvalue weighted by Gasteiger charge is 2.43. The maximum absolute atomic E-state index is 12.8. The molecule has 1 aliphatic heterocycles. The van der Waals surface area contributed by atoms with E-state index < -0.39 is 10.0 Å². The number of methoxy groups -OCH3 is 1. The molecule has 1 aromatic heterocycles.